The third kappa shape index (κ3) is 2.43. The number of hydrogen-bond donors (Lipinski definition) is 1. The van der Waals surface area contributed by atoms with Crippen LogP contribution in [-0.2, 0) is 19.3 Å². The Morgan fingerprint density at radius 3 is 2.25 bits per heavy atom. The lowest BCUT2D eigenvalue weighted by molar-refractivity contribution is 1.01. The van der Waals surface area contributed by atoms with Crippen molar-refractivity contribution in [3.8, 4) is 11.3 Å². The minimum Gasteiger partial charge on any atom is -0.398 e. The van der Waals surface area contributed by atoms with Gasteiger partial charge in [0.05, 0.1) is 5.69 Å². The first kappa shape index (κ1) is 14.6. The Morgan fingerprint density at radius 1 is 0.950 bits per heavy atom. The van der Waals surface area contributed by atoms with Gasteiger partial charge >= 0.3 is 0 Å². The first-order chi connectivity index (χ1) is 9.63. The van der Waals surface area contributed by atoms with E-state index in [0.717, 1.165) is 36.2 Å². The highest BCUT2D eigenvalue weighted by Crippen LogP contribution is 2.33. The van der Waals surface area contributed by atoms with Crippen LogP contribution < -0.4 is 5.73 Å². The minimum absolute atomic E-state index is 0.850. The predicted octanol–water partition coefficient (Wildman–Crippen LogP) is 4.33. The molecule has 0 unspecified atom stereocenters. The van der Waals surface area contributed by atoms with E-state index in [9.17, 15) is 0 Å². The summed E-state index contributed by atoms with van der Waals surface area (Å²) in [5.41, 5.74) is 14.5. The maximum atomic E-state index is 6.12. The smallest absolute Gasteiger partial charge is 0.0742 e. The SMILES string of the molecule is CCc1ccnc(-c2c(CC)ccc(N)c2C)c1CC. The van der Waals surface area contributed by atoms with Crippen LogP contribution in [0.15, 0.2) is 24.4 Å². The number of nitrogens with two attached hydrogens (primary N) is 1. The molecule has 1 aromatic heterocycles. The van der Waals surface area contributed by atoms with Crippen molar-refractivity contribution in [2.45, 2.75) is 47.0 Å². The first-order valence-corrected chi connectivity index (χ1v) is 7.49. The quantitative estimate of drug-likeness (QED) is 0.838. The van der Waals surface area contributed by atoms with E-state index in [-0.39, 0.29) is 0 Å². The molecule has 0 aliphatic carbocycles. The lowest BCUT2D eigenvalue weighted by Crippen LogP contribution is -2.03. The van der Waals surface area contributed by atoms with E-state index in [2.05, 4.69) is 44.8 Å². The normalized spacial score (nSPS) is 10.8. The van der Waals surface area contributed by atoms with E-state index in [1.165, 1.54) is 22.3 Å². The summed E-state index contributed by atoms with van der Waals surface area (Å²) >= 11 is 0. The third-order valence-electron chi connectivity index (χ3n) is 4.10. The Morgan fingerprint density at radius 2 is 1.65 bits per heavy atom. The van der Waals surface area contributed by atoms with E-state index >= 15 is 0 Å². The Bertz CT molecular complexity index is 615. The molecule has 2 heteroatoms. The zero-order chi connectivity index (χ0) is 14.7. The summed E-state index contributed by atoms with van der Waals surface area (Å²) < 4.78 is 0. The Labute approximate surface area is 122 Å². The molecule has 0 amide bonds. The van der Waals surface area contributed by atoms with Crippen molar-refractivity contribution in [3.05, 3.63) is 46.6 Å². The van der Waals surface area contributed by atoms with Gasteiger partial charge in [-0.05, 0) is 60.6 Å². The van der Waals surface area contributed by atoms with Gasteiger partial charge in [0, 0.05) is 17.4 Å². The fraction of sp³-hybridized carbons (Fsp3) is 0.389. The molecule has 2 aromatic rings. The average Bonchev–Trinajstić information content (AvgIpc) is 2.48. The zero-order valence-electron chi connectivity index (χ0n) is 13.0. The molecule has 0 bridgehead atoms. The van der Waals surface area contributed by atoms with Gasteiger partial charge in [0.2, 0.25) is 0 Å². The summed E-state index contributed by atoms with van der Waals surface area (Å²) in [6, 6.07) is 6.28. The number of pyridine rings is 1. The summed E-state index contributed by atoms with van der Waals surface area (Å²) in [6.07, 6.45) is 4.97. The second kappa shape index (κ2) is 6.08. The van der Waals surface area contributed by atoms with Gasteiger partial charge in [0.15, 0.2) is 0 Å². The van der Waals surface area contributed by atoms with Crippen molar-refractivity contribution in [2.24, 2.45) is 0 Å². The largest absolute Gasteiger partial charge is 0.398 e. The Kier molecular flexibility index (Phi) is 4.43. The van der Waals surface area contributed by atoms with Gasteiger partial charge in [-0.3, -0.25) is 4.98 Å². The second-order valence-electron chi connectivity index (χ2n) is 5.17. The van der Waals surface area contributed by atoms with Gasteiger partial charge in [-0.25, -0.2) is 0 Å². The highest BCUT2D eigenvalue weighted by atomic mass is 14.7. The molecule has 1 aromatic carbocycles. The molecule has 0 aliphatic heterocycles. The van der Waals surface area contributed by atoms with Crippen molar-refractivity contribution >= 4 is 5.69 Å². The van der Waals surface area contributed by atoms with E-state index in [0.29, 0.717) is 0 Å². The summed E-state index contributed by atoms with van der Waals surface area (Å²) in [6.45, 7) is 8.69. The van der Waals surface area contributed by atoms with Crippen molar-refractivity contribution in [1.29, 1.82) is 0 Å². The summed E-state index contributed by atoms with van der Waals surface area (Å²) in [5.74, 6) is 0. The number of benzene rings is 1. The number of rotatable bonds is 4. The molecule has 2 nitrogen and oxygen atoms in total. The van der Waals surface area contributed by atoms with Crippen LogP contribution in [0.25, 0.3) is 11.3 Å². The number of hydrogen-bond acceptors (Lipinski definition) is 2. The number of nitrogens with zero attached hydrogens (tertiary/aromatic N) is 1. The van der Waals surface area contributed by atoms with Crippen LogP contribution in [-0.4, -0.2) is 4.98 Å². The second-order valence-corrected chi connectivity index (χ2v) is 5.17. The van der Waals surface area contributed by atoms with Crippen molar-refractivity contribution < 1.29 is 0 Å². The van der Waals surface area contributed by atoms with E-state index < -0.39 is 0 Å². The zero-order valence-corrected chi connectivity index (χ0v) is 13.0. The molecule has 0 radical (unpaired) electrons. The maximum absolute atomic E-state index is 6.12. The summed E-state index contributed by atoms with van der Waals surface area (Å²) in [7, 11) is 0. The van der Waals surface area contributed by atoms with Crippen LogP contribution in [0, 0.1) is 6.92 Å². The van der Waals surface area contributed by atoms with E-state index in [1.54, 1.807) is 0 Å². The van der Waals surface area contributed by atoms with Gasteiger partial charge in [-0.15, -0.1) is 0 Å². The van der Waals surface area contributed by atoms with Gasteiger partial charge in [0.25, 0.3) is 0 Å². The van der Waals surface area contributed by atoms with Crippen molar-refractivity contribution in [3.63, 3.8) is 0 Å². The Hall–Kier alpha value is -1.83. The van der Waals surface area contributed by atoms with Crippen LogP contribution in [0.4, 0.5) is 5.69 Å². The minimum atomic E-state index is 0.850. The summed E-state index contributed by atoms with van der Waals surface area (Å²) in [5, 5.41) is 0. The summed E-state index contributed by atoms with van der Waals surface area (Å²) in [4.78, 5) is 4.68. The third-order valence-corrected chi connectivity index (χ3v) is 4.10. The van der Waals surface area contributed by atoms with Crippen LogP contribution in [0.5, 0.6) is 0 Å². The van der Waals surface area contributed by atoms with Gasteiger partial charge in [0.1, 0.15) is 0 Å². The topological polar surface area (TPSA) is 38.9 Å². The van der Waals surface area contributed by atoms with Crippen molar-refractivity contribution in [2.75, 3.05) is 5.73 Å². The van der Waals surface area contributed by atoms with Crippen molar-refractivity contribution in [1.82, 2.24) is 4.98 Å². The Balaban J connectivity index is 2.77. The molecule has 0 saturated heterocycles. The van der Waals surface area contributed by atoms with Gasteiger partial charge < -0.3 is 5.73 Å². The number of nitrogen functional groups attached to an aromatic ring is 1. The average molecular weight is 268 g/mol. The molecule has 1 heterocycles. The molecule has 2 N–H and O–H groups in total. The fourth-order valence-electron chi connectivity index (χ4n) is 2.88. The molecule has 0 aliphatic rings. The van der Waals surface area contributed by atoms with Crippen LogP contribution in [0.2, 0.25) is 0 Å². The lowest BCUT2D eigenvalue weighted by Gasteiger charge is -2.17. The van der Waals surface area contributed by atoms with E-state index in [1.807, 2.05) is 12.3 Å². The van der Waals surface area contributed by atoms with Crippen LogP contribution in [0.1, 0.15) is 43.0 Å². The fourth-order valence-corrected chi connectivity index (χ4v) is 2.88. The number of aryl methyl sites for hydroxylation is 2. The lowest BCUT2D eigenvalue weighted by atomic mass is 9.90. The molecule has 0 fully saturated rings. The van der Waals surface area contributed by atoms with E-state index in [4.69, 9.17) is 5.73 Å². The molecule has 106 valence electrons. The molecule has 0 atom stereocenters. The standard InChI is InChI=1S/C18H24N2/c1-5-13-10-11-20-18(15(13)7-3)17-12(4)16(19)9-8-14(17)6-2/h8-11H,5-7,19H2,1-4H3. The molecule has 20 heavy (non-hydrogen) atoms. The maximum Gasteiger partial charge on any atom is 0.0742 e. The number of aromatic nitrogens is 1. The number of anilines is 1. The highest BCUT2D eigenvalue weighted by Gasteiger charge is 2.15. The molecule has 0 saturated carbocycles. The monoisotopic (exact) mass is 268 g/mol. The molecule has 2 rings (SSSR count). The first-order valence-electron chi connectivity index (χ1n) is 7.49. The molecule has 0 spiro atoms. The molecular formula is C18H24N2. The van der Waals surface area contributed by atoms with Gasteiger partial charge in [-0.1, -0.05) is 26.8 Å². The highest BCUT2D eigenvalue weighted by molar-refractivity contribution is 5.76. The van der Waals surface area contributed by atoms with Gasteiger partial charge in [-0.2, -0.15) is 0 Å². The van der Waals surface area contributed by atoms with Crippen LogP contribution >= 0.6 is 0 Å². The van der Waals surface area contributed by atoms with Crippen LogP contribution in [0.3, 0.4) is 0 Å². The predicted molar refractivity (Wildman–Crippen MR) is 87.0 cm³/mol. The molecular weight excluding hydrogens is 244 g/mol.